The van der Waals surface area contributed by atoms with Crippen LogP contribution < -0.4 is 0 Å². The second-order valence-electron chi connectivity index (χ2n) is 6.85. The fraction of sp³-hybridized carbons (Fsp3) is 0.706. The van der Waals surface area contributed by atoms with E-state index in [-0.39, 0.29) is 17.6 Å². The molecule has 0 aromatic heterocycles. The number of aliphatic imine (C=N–C) groups is 1. The number of aliphatic hydroxyl groups excluding tert-OH is 1. The number of allylic oxidation sites excluding steroid dienone is 4. The van der Waals surface area contributed by atoms with Crippen LogP contribution in [0.2, 0.25) is 0 Å². The lowest BCUT2D eigenvalue weighted by molar-refractivity contribution is 0.0936. The smallest absolute Gasteiger partial charge is 0.102 e. The van der Waals surface area contributed by atoms with Crippen LogP contribution >= 0.6 is 0 Å². The minimum absolute atomic E-state index is 0.0644. The van der Waals surface area contributed by atoms with Gasteiger partial charge in [-0.3, -0.25) is 4.99 Å². The minimum Gasteiger partial charge on any atom is -0.494 e. The summed E-state index contributed by atoms with van der Waals surface area (Å²) in [7, 11) is 0. The lowest BCUT2D eigenvalue weighted by atomic mass is 9.92. The summed E-state index contributed by atoms with van der Waals surface area (Å²) in [5.74, 6) is 0.995. The number of rotatable bonds is 2. The van der Waals surface area contributed by atoms with E-state index in [0.717, 1.165) is 50.0 Å². The summed E-state index contributed by atoms with van der Waals surface area (Å²) in [6.07, 6.45) is 11.8. The molecule has 1 N–H and O–H groups in total. The lowest BCUT2D eigenvalue weighted by Crippen LogP contribution is -2.12. The van der Waals surface area contributed by atoms with Crippen molar-refractivity contribution in [2.24, 2.45) is 10.4 Å². The molecule has 1 fully saturated rings. The third kappa shape index (κ3) is 4.48. The second-order valence-corrected chi connectivity index (χ2v) is 6.85. The van der Waals surface area contributed by atoms with Crippen LogP contribution in [0.3, 0.4) is 0 Å². The van der Waals surface area contributed by atoms with Crippen molar-refractivity contribution in [3.8, 4) is 0 Å². The Balaban J connectivity index is 1.98. The van der Waals surface area contributed by atoms with Crippen molar-refractivity contribution in [2.45, 2.75) is 71.5 Å². The summed E-state index contributed by atoms with van der Waals surface area (Å²) in [4.78, 5) is 4.53. The molecule has 2 unspecified atom stereocenters. The summed E-state index contributed by atoms with van der Waals surface area (Å²) in [6, 6.07) is 0. The first-order chi connectivity index (χ1) is 9.45. The highest BCUT2D eigenvalue weighted by atomic mass is 16.5. The molecule has 1 aliphatic heterocycles. The Morgan fingerprint density at radius 1 is 1.15 bits per heavy atom. The monoisotopic (exact) mass is 277 g/mol. The Bertz CT molecular complexity index is 415. The molecule has 0 aromatic carbocycles. The molecule has 1 aliphatic carbocycles. The summed E-state index contributed by atoms with van der Waals surface area (Å²) in [5, 5.41) is 9.68. The van der Waals surface area contributed by atoms with Gasteiger partial charge in [0.25, 0.3) is 0 Å². The maximum absolute atomic E-state index is 9.68. The molecule has 0 amide bonds. The van der Waals surface area contributed by atoms with Crippen LogP contribution in [0.4, 0.5) is 0 Å². The highest BCUT2D eigenvalue weighted by molar-refractivity contribution is 5.63. The molecule has 1 heterocycles. The predicted molar refractivity (Wildman–Crippen MR) is 82.7 cm³/mol. The van der Waals surface area contributed by atoms with Gasteiger partial charge in [-0.05, 0) is 44.3 Å². The average molecular weight is 277 g/mol. The summed E-state index contributed by atoms with van der Waals surface area (Å²) < 4.78 is 6.12. The Hall–Kier alpha value is -1.09. The van der Waals surface area contributed by atoms with Gasteiger partial charge in [-0.15, -0.1) is 0 Å². The molecule has 2 atom stereocenters. The molecular weight excluding hydrogens is 250 g/mol. The zero-order chi connectivity index (χ0) is 14.6. The molecule has 0 saturated heterocycles. The topological polar surface area (TPSA) is 41.8 Å². The maximum Gasteiger partial charge on any atom is 0.102 e. The number of hydrogen-bond acceptors (Lipinski definition) is 3. The summed E-state index contributed by atoms with van der Waals surface area (Å²) in [5.41, 5.74) is 1.15. The Labute approximate surface area is 122 Å². The SMILES string of the molecule is CC(C)(C)C1=CC=C(OC2CCCC(O)CC2)CC=N1. The molecule has 0 spiro atoms. The molecule has 1 saturated carbocycles. The van der Waals surface area contributed by atoms with E-state index in [1.54, 1.807) is 0 Å². The number of nitrogens with zero attached hydrogens (tertiary/aromatic N) is 1. The van der Waals surface area contributed by atoms with Crippen LogP contribution in [0, 0.1) is 5.41 Å². The van der Waals surface area contributed by atoms with Crippen molar-refractivity contribution < 1.29 is 9.84 Å². The molecule has 20 heavy (non-hydrogen) atoms. The van der Waals surface area contributed by atoms with Gasteiger partial charge in [0.15, 0.2) is 0 Å². The van der Waals surface area contributed by atoms with E-state index in [1.807, 2.05) is 6.21 Å². The van der Waals surface area contributed by atoms with Crippen molar-refractivity contribution in [1.82, 2.24) is 0 Å². The van der Waals surface area contributed by atoms with Gasteiger partial charge in [0.2, 0.25) is 0 Å². The van der Waals surface area contributed by atoms with Crippen molar-refractivity contribution in [3.05, 3.63) is 23.6 Å². The van der Waals surface area contributed by atoms with Gasteiger partial charge in [0, 0.05) is 23.7 Å². The summed E-state index contributed by atoms with van der Waals surface area (Å²) >= 11 is 0. The van der Waals surface area contributed by atoms with E-state index in [2.05, 4.69) is 37.9 Å². The molecule has 112 valence electrons. The average Bonchev–Trinajstić information content (AvgIpc) is 2.70. The Morgan fingerprint density at radius 3 is 2.70 bits per heavy atom. The van der Waals surface area contributed by atoms with Crippen molar-refractivity contribution in [3.63, 3.8) is 0 Å². The van der Waals surface area contributed by atoms with Gasteiger partial charge < -0.3 is 9.84 Å². The molecule has 3 heteroatoms. The van der Waals surface area contributed by atoms with E-state index in [9.17, 15) is 5.11 Å². The normalized spacial score (nSPS) is 28.2. The van der Waals surface area contributed by atoms with Crippen LogP contribution in [-0.2, 0) is 4.74 Å². The standard InChI is InChI=1S/C17H27NO2/c1-17(2,3)16-10-9-15(11-12-18-16)20-14-6-4-5-13(19)7-8-14/h9-10,12-14,19H,4-8,11H2,1-3H3. The van der Waals surface area contributed by atoms with Crippen LogP contribution in [0.15, 0.2) is 28.6 Å². The third-order valence-corrected chi connectivity index (χ3v) is 3.92. The molecule has 2 rings (SSSR count). The predicted octanol–water partition coefficient (Wildman–Crippen LogP) is 3.99. The van der Waals surface area contributed by atoms with Gasteiger partial charge in [0.05, 0.1) is 12.2 Å². The van der Waals surface area contributed by atoms with E-state index in [0.29, 0.717) is 0 Å². The zero-order valence-corrected chi connectivity index (χ0v) is 12.9. The van der Waals surface area contributed by atoms with Crippen molar-refractivity contribution >= 4 is 6.21 Å². The first-order valence-corrected chi connectivity index (χ1v) is 7.74. The van der Waals surface area contributed by atoms with E-state index in [4.69, 9.17) is 4.74 Å². The van der Waals surface area contributed by atoms with Gasteiger partial charge in [0.1, 0.15) is 5.76 Å². The molecule has 0 radical (unpaired) electrons. The van der Waals surface area contributed by atoms with Crippen LogP contribution in [0.1, 0.15) is 59.3 Å². The van der Waals surface area contributed by atoms with E-state index in [1.165, 1.54) is 0 Å². The molecule has 3 nitrogen and oxygen atoms in total. The fourth-order valence-corrected chi connectivity index (χ4v) is 2.63. The maximum atomic E-state index is 9.68. The number of hydrogen-bond donors (Lipinski definition) is 1. The molecule has 0 bridgehead atoms. The summed E-state index contributed by atoms with van der Waals surface area (Å²) in [6.45, 7) is 6.51. The van der Waals surface area contributed by atoms with Crippen molar-refractivity contribution in [2.75, 3.05) is 0 Å². The quantitative estimate of drug-likeness (QED) is 0.776. The van der Waals surface area contributed by atoms with Crippen LogP contribution in [0.5, 0.6) is 0 Å². The fourth-order valence-electron chi connectivity index (χ4n) is 2.63. The molecular formula is C17H27NO2. The Morgan fingerprint density at radius 2 is 1.95 bits per heavy atom. The highest BCUT2D eigenvalue weighted by Gasteiger charge is 2.20. The molecule has 2 aliphatic rings. The van der Waals surface area contributed by atoms with Gasteiger partial charge in [-0.25, -0.2) is 0 Å². The minimum atomic E-state index is -0.138. The number of ether oxygens (including phenoxy) is 1. The van der Waals surface area contributed by atoms with E-state index < -0.39 is 0 Å². The van der Waals surface area contributed by atoms with Gasteiger partial charge in [-0.1, -0.05) is 20.8 Å². The zero-order valence-electron chi connectivity index (χ0n) is 12.9. The van der Waals surface area contributed by atoms with E-state index >= 15 is 0 Å². The number of aliphatic hydroxyl groups is 1. The molecule has 0 aromatic rings. The van der Waals surface area contributed by atoms with Crippen LogP contribution in [0.25, 0.3) is 0 Å². The first-order valence-electron chi connectivity index (χ1n) is 7.74. The first kappa shape index (κ1) is 15.3. The lowest BCUT2D eigenvalue weighted by Gasteiger charge is -2.18. The third-order valence-electron chi connectivity index (χ3n) is 3.92. The van der Waals surface area contributed by atoms with Gasteiger partial charge >= 0.3 is 0 Å². The van der Waals surface area contributed by atoms with Crippen molar-refractivity contribution in [1.29, 1.82) is 0 Å². The highest BCUT2D eigenvalue weighted by Crippen LogP contribution is 2.29. The second kappa shape index (κ2) is 6.57. The van der Waals surface area contributed by atoms with Gasteiger partial charge in [-0.2, -0.15) is 0 Å². The van der Waals surface area contributed by atoms with Crippen LogP contribution in [-0.4, -0.2) is 23.5 Å². The largest absolute Gasteiger partial charge is 0.494 e. The Kier molecular flexibility index (Phi) is 5.03.